The highest BCUT2D eigenvalue weighted by molar-refractivity contribution is 5.88. The second-order valence-electron chi connectivity index (χ2n) is 8.16. The molecule has 0 aliphatic rings. The van der Waals surface area contributed by atoms with Crippen molar-refractivity contribution < 1.29 is 14.3 Å². The van der Waals surface area contributed by atoms with Crippen molar-refractivity contribution in [3.63, 3.8) is 0 Å². The van der Waals surface area contributed by atoms with E-state index in [2.05, 4.69) is 11.4 Å². The van der Waals surface area contributed by atoms with Gasteiger partial charge in [0.15, 0.2) is 6.61 Å². The molecule has 0 unspecified atom stereocenters. The lowest BCUT2D eigenvalue weighted by molar-refractivity contribution is -0.143. The fourth-order valence-electron chi connectivity index (χ4n) is 3.63. The maximum Gasteiger partial charge on any atom is 0.261 e. The van der Waals surface area contributed by atoms with Crippen molar-refractivity contribution in [3.05, 3.63) is 64.2 Å². The van der Waals surface area contributed by atoms with Crippen LogP contribution in [0.4, 0.5) is 0 Å². The first-order valence-corrected chi connectivity index (χ1v) is 11.1. The Morgan fingerprint density at radius 3 is 2.39 bits per heavy atom. The van der Waals surface area contributed by atoms with Crippen molar-refractivity contribution in [2.45, 2.75) is 67.0 Å². The average Bonchev–Trinajstić information content (AvgIpc) is 2.74. The molecular formula is C26H36N2O3. The zero-order valence-electron chi connectivity index (χ0n) is 19.7. The summed E-state index contributed by atoms with van der Waals surface area (Å²) in [6.45, 7) is 12.9. The number of benzene rings is 2. The third-order valence-electron chi connectivity index (χ3n) is 5.65. The molecule has 0 saturated heterocycles. The molecule has 2 aromatic carbocycles. The molecule has 0 spiro atoms. The molecule has 31 heavy (non-hydrogen) atoms. The number of amides is 2. The van der Waals surface area contributed by atoms with Crippen LogP contribution in [0.1, 0.15) is 54.5 Å². The Morgan fingerprint density at radius 2 is 1.74 bits per heavy atom. The molecule has 0 aromatic heterocycles. The van der Waals surface area contributed by atoms with Gasteiger partial charge in [-0.05, 0) is 74.4 Å². The van der Waals surface area contributed by atoms with E-state index in [0.717, 1.165) is 34.2 Å². The van der Waals surface area contributed by atoms with Crippen LogP contribution in [-0.2, 0) is 16.1 Å². The molecule has 5 nitrogen and oxygen atoms in total. The van der Waals surface area contributed by atoms with E-state index in [1.54, 1.807) is 4.90 Å². The molecule has 1 atom stereocenters. The summed E-state index contributed by atoms with van der Waals surface area (Å²) >= 11 is 0. The number of nitrogens with zero attached hydrogens (tertiary/aromatic N) is 1. The smallest absolute Gasteiger partial charge is 0.261 e. The Kier molecular flexibility index (Phi) is 9.10. The summed E-state index contributed by atoms with van der Waals surface area (Å²) in [5.74, 6) is 0.402. The van der Waals surface area contributed by atoms with Crippen LogP contribution < -0.4 is 10.1 Å². The summed E-state index contributed by atoms with van der Waals surface area (Å²) in [4.78, 5) is 27.8. The number of hydrogen-bond donors (Lipinski definition) is 1. The van der Waals surface area contributed by atoms with Gasteiger partial charge in [0.05, 0.1) is 0 Å². The molecule has 0 radical (unpaired) electrons. The Morgan fingerprint density at radius 1 is 1.03 bits per heavy atom. The lowest BCUT2D eigenvalue weighted by atomic mass is 10.1. The topological polar surface area (TPSA) is 58.6 Å². The minimum Gasteiger partial charge on any atom is -0.483 e. The number of aryl methyl sites for hydroxylation is 3. The minimum atomic E-state index is -0.539. The maximum atomic E-state index is 13.3. The number of ether oxygens (including phenoxy) is 1. The Labute approximate surface area is 186 Å². The predicted octanol–water partition coefficient (Wildman–Crippen LogP) is 4.63. The van der Waals surface area contributed by atoms with Gasteiger partial charge in [-0.15, -0.1) is 0 Å². The third kappa shape index (κ3) is 6.58. The molecule has 2 aromatic rings. The predicted molar refractivity (Wildman–Crippen MR) is 125 cm³/mol. The van der Waals surface area contributed by atoms with Crippen LogP contribution >= 0.6 is 0 Å². The summed E-state index contributed by atoms with van der Waals surface area (Å²) in [6, 6.07) is 11.5. The van der Waals surface area contributed by atoms with Gasteiger partial charge in [0, 0.05) is 13.1 Å². The van der Waals surface area contributed by atoms with Crippen molar-refractivity contribution in [3.8, 4) is 5.75 Å². The lowest BCUT2D eigenvalue weighted by Crippen LogP contribution is -2.50. The van der Waals surface area contributed by atoms with E-state index >= 15 is 0 Å². The normalized spacial score (nSPS) is 11.7. The SMILES string of the molecule is CCCNC(=O)[C@@H](CC)N(Cc1ccccc1C)C(=O)COc1cc(C)cc(C)c1C. The quantitative estimate of drug-likeness (QED) is 0.605. The highest BCUT2D eigenvalue weighted by Gasteiger charge is 2.29. The van der Waals surface area contributed by atoms with Crippen LogP contribution in [-0.4, -0.2) is 35.9 Å². The molecule has 0 aliphatic carbocycles. The van der Waals surface area contributed by atoms with Gasteiger partial charge in [-0.3, -0.25) is 9.59 Å². The maximum absolute atomic E-state index is 13.3. The van der Waals surface area contributed by atoms with Gasteiger partial charge in [0.1, 0.15) is 11.8 Å². The molecular weight excluding hydrogens is 388 g/mol. The van der Waals surface area contributed by atoms with Crippen LogP contribution in [0.15, 0.2) is 36.4 Å². The highest BCUT2D eigenvalue weighted by atomic mass is 16.5. The third-order valence-corrected chi connectivity index (χ3v) is 5.65. The first-order chi connectivity index (χ1) is 14.8. The van der Waals surface area contributed by atoms with Gasteiger partial charge in [0.25, 0.3) is 5.91 Å². The summed E-state index contributed by atoms with van der Waals surface area (Å²) in [5, 5.41) is 2.94. The highest BCUT2D eigenvalue weighted by Crippen LogP contribution is 2.24. The second kappa shape index (κ2) is 11.5. The lowest BCUT2D eigenvalue weighted by Gasteiger charge is -2.31. The summed E-state index contributed by atoms with van der Waals surface area (Å²) < 4.78 is 5.94. The molecule has 2 rings (SSSR count). The van der Waals surface area contributed by atoms with E-state index in [1.807, 2.05) is 71.9 Å². The average molecular weight is 425 g/mol. The van der Waals surface area contributed by atoms with Crippen molar-refractivity contribution in [1.82, 2.24) is 10.2 Å². The molecule has 1 N–H and O–H groups in total. The molecule has 0 aliphatic heterocycles. The molecule has 5 heteroatoms. The van der Waals surface area contributed by atoms with Crippen molar-refractivity contribution in [2.75, 3.05) is 13.2 Å². The van der Waals surface area contributed by atoms with Crippen LogP contribution in [0.25, 0.3) is 0 Å². The number of carbonyl (C=O) groups is 2. The molecule has 0 fully saturated rings. The van der Waals surface area contributed by atoms with Crippen LogP contribution in [0.2, 0.25) is 0 Å². The first-order valence-electron chi connectivity index (χ1n) is 11.1. The standard InChI is InChI=1S/C26H36N2O3/c1-7-13-27-26(30)23(8-2)28(16-22-12-10-9-11-19(22)4)25(29)17-31-24-15-18(3)14-20(5)21(24)6/h9-12,14-15,23H,7-8,13,16-17H2,1-6H3,(H,27,30)/t23-/m1/s1. The molecule has 2 amide bonds. The van der Waals surface area contributed by atoms with Gasteiger partial charge < -0.3 is 15.0 Å². The molecule has 0 saturated carbocycles. The van der Waals surface area contributed by atoms with Crippen molar-refractivity contribution >= 4 is 11.8 Å². The summed E-state index contributed by atoms with van der Waals surface area (Å²) in [5.41, 5.74) is 5.37. The monoisotopic (exact) mass is 424 g/mol. The summed E-state index contributed by atoms with van der Waals surface area (Å²) in [6.07, 6.45) is 1.39. The zero-order valence-corrected chi connectivity index (χ0v) is 19.7. The summed E-state index contributed by atoms with van der Waals surface area (Å²) in [7, 11) is 0. The molecule has 0 heterocycles. The fourth-order valence-corrected chi connectivity index (χ4v) is 3.63. The Hall–Kier alpha value is -2.82. The van der Waals surface area contributed by atoms with E-state index in [9.17, 15) is 9.59 Å². The van der Waals surface area contributed by atoms with Crippen LogP contribution in [0.5, 0.6) is 5.75 Å². The number of carbonyl (C=O) groups excluding carboxylic acids is 2. The number of nitrogens with one attached hydrogen (secondary N) is 1. The van der Waals surface area contributed by atoms with Crippen molar-refractivity contribution in [1.29, 1.82) is 0 Å². The van der Waals surface area contributed by atoms with Gasteiger partial charge in [-0.25, -0.2) is 0 Å². The fraction of sp³-hybridized carbons (Fsp3) is 0.462. The van der Waals surface area contributed by atoms with Crippen LogP contribution in [0.3, 0.4) is 0 Å². The second-order valence-corrected chi connectivity index (χ2v) is 8.16. The molecule has 168 valence electrons. The van der Waals surface area contributed by atoms with Gasteiger partial charge >= 0.3 is 0 Å². The van der Waals surface area contributed by atoms with Crippen LogP contribution in [0, 0.1) is 27.7 Å². The van der Waals surface area contributed by atoms with E-state index in [-0.39, 0.29) is 18.4 Å². The van der Waals surface area contributed by atoms with E-state index in [0.29, 0.717) is 25.3 Å². The first kappa shape index (κ1) is 24.4. The Bertz CT molecular complexity index is 908. The molecule has 0 bridgehead atoms. The van der Waals surface area contributed by atoms with Gasteiger partial charge in [-0.2, -0.15) is 0 Å². The number of hydrogen-bond acceptors (Lipinski definition) is 3. The Balaban J connectivity index is 2.26. The van der Waals surface area contributed by atoms with Gasteiger partial charge in [-0.1, -0.05) is 44.2 Å². The van der Waals surface area contributed by atoms with E-state index < -0.39 is 6.04 Å². The van der Waals surface area contributed by atoms with E-state index in [1.165, 1.54) is 0 Å². The van der Waals surface area contributed by atoms with E-state index in [4.69, 9.17) is 4.74 Å². The van der Waals surface area contributed by atoms with Gasteiger partial charge in [0.2, 0.25) is 5.91 Å². The zero-order chi connectivity index (χ0) is 23.0. The number of rotatable bonds is 10. The minimum absolute atomic E-state index is 0.104. The largest absolute Gasteiger partial charge is 0.483 e. The van der Waals surface area contributed by atoms with Crippen molar-refractivity contribution in [2.24, 2.45) is 0 Å².